The lowest BCUT2D eigenvalue weighted by atomic mass is 10.1. The summed E-state index contributed by atoms with van der Waals surface area (Å²) in [4.78, 5) is 10.1. The van der Waals surface area contributed by atoms with Gasteiger partial charge in [0, 0.05) is 38.6 Å². The van der Waals surface area contributed by atoms with Crippen molar-refractivity contribution in [1.29, 1.82) is 0 Å². The predicted molar refractivity (Wildman–Crippen MR) is 122 cm³/mol. The topological polar surface area (TPSA) is 61.8 Å². The second-order valence-corrected chi connectivity index (χ2v) is 7.55. The molecule has 0 spiro atoms. The van der Waals surface area contributed by atoms with Crippen LogP contribution < -0.4 is 10.6 Å². The third kappa shape index (κ3) is 7.67. The molecule has 1 aliphatic rings. The quantitative estimate of drug-likeness (QED) is 0.325. The average Bonchev–Trinajstić information content (AvgIpc) is 3.19. The summed E-state index contributed by atoms with van der Waals surface area (Å²) in [6.07, 6.45) is -4.42. The SMILES string of the molecule is CN=C(NCc1cccc(CN2CCOCC2)c1)NCc1nc(C(F)(F)F)cs1.I. The van der Waals surface area contributed by atoms with Crippen LogP contribution in [0.5, 0.6) is 0 Å². The zero-order chi connectivity index (χ0) is 20.7. The van der Waals surface area contributed by atoms with Crippen molar-refractivity contribution in [2.45, 2.75) is 25.8 Å². The molecule has 1 aliphatic heterocycles. The summed E-state index contributed by atoms with van der Waals surface area (Å²) >= 11 is 0.972. The van der Waals surface area contributed by atoms with E-state index in [-0.39, 0.29) is 30.5 Å². The molecule has 0 unspecified atom stereocenters. The summed E-state index contributed by atoms with van der Waals surface area (Å²) in [5, 5.41) is 7.56. The first kappa shape index (κ1) is 24.8. The molecule has 1 aromatic heterocycles. The minimum absolute atomic E-state index is 0. The Hall–Kier alpha value is -1.44. The highest BCUT2D eigenvalue weighted by atomic mass is 127. The number of rotatable bonds is 6. The first-order valence-corrected chi connectivity index (χ1v) is 10.2. The lowest BCUT2D eigenvalue weighted by Gasteiger charge is -2.26. The standard InChI is InChI=1S/C19H24F3N5OS.HI/c1-23-18(25-11-17-26-16(13-29-17)19(20,21)22)24-10-14-3-2-4-15(9-14)12-27-5-7-28-8-6-27;/h2-4,9,13H,5-8,10-12H2,1H3,(H2,23,24,25);1H. The Morgan fingerprint density at radius 3 is 2.57 bits per heavy atom. The van der Waals surface area contributed by atoms with E-state index in [1.807, 2.05) is 12.1 Å². The summed E-state index contributed by atoms with van der Waals surface area (Å²) in [5.41, 5.74) is 1.48. The molecule has 2 N–H and O–H groups in total. The molecule has 30 heavy (non-hydrogen) atoms. The van der Waals surface area contributed by atoms with Gasteiger partial charge >= 0.3 is 6.18 Å². The molecule has 3 rings (SSSR count). The Morgan fingerprint density at radius 1 is 1.20 bits per heavy atom. The van der Waals surface area contributed by atoms with Crippen LogP contribution in [0.1, 0.15) is 21.8 Å². The van der Waals surface area contributed by atoms with E-state index < -0.39 is 11.9 Å². The first-order chi connectivity index (χ1) is 13.9. The van der Waals surface area contributed by atoms with Crippen molar-refractivity contribution >= 4 is 41.3 Å². The maximum atomic E-state index is 12.6. The number of benzene rings is 1. The Morgan fingerprint density at radius 2 is 1.90 bits per heavy atom. The molecule has 166 valence electrons. The van der Waals surface area contributed by atoms with Gasteiger partial charge in [-0.2, -0.15) is 13.2 Å². The molecule has 1 fully saturated rings. The van der Waals surface area contributed by atoms with Gasteiger partial charge in [-0.1, -0.05) is 24.3 Å². The summed E-state index contributed by atoms with van der Waals surface area (Å²) in [6, 6.07) is 8.30. The minimum atomic E-state index is -4.42. The van der Waals surface area contributed by atoms with E-state index >= 15 is 0 Å². The number of aromatic nitrogens is 1. The van der Waals surface area contributed by atoms with Crippen molar-refractivity contribution in [2.75, 3.05) is 33.4 Å². The second-order valence-electron chi connectivity index (χ2n) is 6.61. The van der Waals surface area contributed by atoms with E-state index in [0.717, 1.165) is 55.1 Å². The van der Waals surface area contributed by atoms with E-state index in [2.05, 4.69) is 37.6 Å². The van der Waals surface area contributed by atoms with Crippen LogP contribution in [-0.2, 0) is 30.5 Å². The number of guanidine groups is 1. The van der Waals surface area contributed by atoms with E-state index in [9.17, 15) is 13.2 Å². The highest BCUT2D eigenvalue weighted by Crippen LogP contribution is 2.29. The summed E-state index contributed by atoms with van der Waals surface area (Å²) in [6.45, 7) is 5.03. The molecular weight excluding hydrogens is 530 g/mol. The van der Waals surface area contributed by atoms with Crippen LogP contribution in [0.3, 0.4) is 0 Å². The van der Waals surface area contributed by atoms with Gasteiger partial charge in [0.2, 0.25) is 0 Å². The van der Waals surface area contributed by atoms with Crippen LogP contribution in [-0.4, -0.2) is 49.2 Å². The van der Waals surface area contributed by atoms with Crippen LogP contribution in [0, 0.1) is 0 Å². The van der Waals surface area contributed by atoms with Gasteiger partial charge in [0.15, 0.2) is 11.7 Å². The number of hydrogen-bond donors (Lipinski definition) is 2. The summed E-state index contributed by atoms with van der Waals surface area (Å²) < 4.78 is 43.3. The van der Waals surface area contributed by atoms with Gasteiger partial charge in [-0.05, 0) is 11.1 Å². The third-order valence-corrected chi connectivity index (χ3v) is 5.28. The third-order valence-electron chi connectivity index (χ3n) is 4.43. The number of alkyl halides is 3. The number of hydrogen-bond acceptors (Lipinski definition) is 5. The molecule has 11 heteroatoms. The number of ether oxygens (including phenoxy) is 1. The molecule has 1 aromatic carbocycles. The zero-order valence-electron chi connectivity index (χ0n) is 16.5. The zero-order valence-corrected chi connectivity index (χ0v) is 19.7. The first-order valence-electron chi connectivity index (χ1n) is 9.28. The van der Waals surface area contributed by atoms with E-state index in [1.54, 1.807) is 7.05 Å². The van der Waals surface area contributed by atoms with Crippen LogP contribution in [0.4, 0.5) is 13.2 Å². The van der Waals surface area contributed by atoms with Crippen molar-refractivity contribution in [3.05, 3.63) is 51.5 Å². The Bertz CT molecular complexity index is 824. The summed E-state index contributed by atoms with van der Waals surface area (Å²) in [5.74, 6) is 0.507. The molecule has 0 aliphatic carbocycles. The van der Waals surface area contributed by atoms with E-state index in [1.165, 1.54) is 5.56 Å². The molecule has 1 saturated heterocycles. The highest BCUT2D eigenvalue weighted by Gasteiger charge is 2.33. The van der Waals surface area contributed by atoms with Crippen LogP contribution in [0.2, 0.25) is 0 Å². The number of thiazole rings is 1. The predicted octanol–water partition coefficient (Wildman–Crippen LogP) is 3.48. The maximum Gasteiger partial charge on any atom is 0.434 e. The number of nitrogens with zero attached hydrogens (tertiary/aromatic N) is 3. The van der Waals surface area contributed by atoms with E-state index in [0.29, 0.717) is 17.5 Å². The van der Waals surface area contributed by atoms with Gasteiger partial charge in [0.05, 0.1) is 19.8 Å². The number of halogens is 4. The lowest BCUT2D eigenvalue weighted by Crippen LogP contribution is -2.36. The molecule has 2 heterocycles. The molecular formula is C19H25F3IN5OS. The number of nitrogens with one attached hydrogen (secondary N) is 2. The van der Waals surface area contributed by atoms with Gasteiger partial charge < -0.3 is 15.4 Å². The largest absolute Gasteiger partial charge is 0.434 e. The van der Waals surface area contributed by atoms with Gasteiger partial charge in [0.25, 0.3) is 0 Å². The van der Waals surface area contributed by atoms with Crippen LogP contribution in [0.25, 0.3) is 0 Å². The summed E-state index contributed by atoms with van der Waals surface area (Å²) in [7, 11) is 1.62. The Balaban J connectivity index is 0.00000320. The molecule has 0 bridgehead atoms. The molecule has 0 radical (unpaired) electrons. The van der Waals surface area contributed by atoms with Crippen molar-refractivity contribution < 1.29 is 17.9 Å². The fourth-order valence-corrected chi connectivity index (χ4v) is 3.68. The van der Waals surface area contributed by atoms with Gasteiger partial charge in [0.1, 0.15) is 5.01 Å². The fraction of sp³-hybridized carbons (Fsp3) is 0.474. The van der Waals surface area contributed by atoms with Crippen molar-refractivity contribution in [1.82, 2.24) is 20.5 Å². The molecule has 0 atom stereocenters. The fourth-order valence-electron chi connectivity index (χ4n) is 2.94. The smallest absolute Gasteiger partial charge is 0.379 e. The van der Waals surface area contributed by atoms with Gasteiger partial charge in [-0.25, -0.2) is 4.98 Å². The van der Waals surface area contributed by atoms with Crippen molar-refractivity contribution in [3.63, 3.8) is 0 Å². The maximum absolute atomic E-state index is 12.6. The molecule has 6 nitrogen and oxygen atoms in total. The van der Waals surface area contributed by atoms with Gasteiger partial charge in [-0.3, -0.25) is 9.89 Å². The Labute approximate surface area is 195 Å². The van der Waals surface area contributed by atoms with Crippen LogP contribution in [0.15, 0.2) is 34.6 Å². The molecule has 0 saturated carbocycles. The Kier molecular flexibility index (Phi) is 9.78. The molecule has 0 amide bonds. The van der Waals surface area contributed by atoms with Crippen LogP contribution >= 0.6 is 35.3 Å². The number of morpholine rings is 1. The lowest BCUT2D eigenvalue weighted by molar-refractivity contribution is -0.140. The highest BCUT2D eigenvalue weighted by molar-refractivity contribution is 14.0. The number of aliphatic imine (C=N–C) groups is 1. The average molecular weight is 555 g/mol. The van der Waals surface area contributed by atoms with Gasteiger partial charge in [-0.15, -0.1) is 35.3 Å². The van der Waals surface area contributed by atoms with Crippen molar-refractivity contribution in [2.24, 2.45) is 4.99 Å². The van der Waals surface area contributed by atoms with Crippen molar-refractivity contribution in [3.8, 4) is 0 Å². The minimum Gasteiger partial charge on any atom is -0.379 e. The normalized spacial score (nSPS) is 15.5. The molecule has 2 aromatic rings. The van der Waals surface area contributed by atoms with E-state index in [4.69, 9.17) is 4.74 Å². The monoisotopic (exact) mass is 555 g/mol. The second kappa shape index (κ2) is 11.8.